The number of aromatic nitrogens is 2. The van der Waals surface area contributed by atoms with Crippen molar-refractivity contribution >= 4 is 5.91 Å². The molecular formula is C16H21N3O4. The van der Waals surface area contributed by atoms with Crippen LogP contribution in [-0.2, 0) is 11.2 Å². The molecule has 124 valence electrons. The van der Waals surface area contributed by atoms with E-state index in [9.17, 15) is 9.90 Å². The summed E-state index contributed by atoms with van der Waals surface area (Å²) >= 11 is 0. The van der Waals surface area contributed by atoms with Gasteiger partial charge in [0.2, 0.25) is 17.6 Å². The first-order valence-electron chi connectivity index (χ1n) is 7.96. The third-order valence-corrected chi connectivity index (χ3v) is 4.26. The summed E-state index contributed by atoms with van der Waals surface area (Å²) in [5.41, 5.74) is 0. The van der Waals surface area contributed by atoms with E-state index < -0.39 is 0 Å². The van der Waals surface area contributed by atoms with Crippen LogP contribution in [0.15, 0.2) is 27.3 Å². The molecule has 7 nitrogen and oxygen atoms in total. The van der Waals surface area contributed by atoms with Gasteiger partial charge in [-0.15, -0.1) is 0 Å². The Morgan fingerprint density at radius 1 is 1.57 bits per heavy atom. The molecule has 1 amide bonds. The number of carbonyl (C=O) groups excluding carboxylic acids is 1. The van der Waals surface area contributed by atoms with Crippen LogP contribution in [0.5, 0.6) is 0 Å². The van der Waals surface area contributed by atoms with Crippen LogP contribution in [-0.4, -0.2) is 45.2 Å². The predicted octanol–water partition coefficient (Wildman–Crippen LogP) is 1.88. The summed E-state index contributed by atoms with van der Waals surface area (Å²) in [6.45, 7) is 3.16. The average molecular weight is 319 g/mol. The maximum absolute atomic E-state index is 12.3. The van der Waals surface area contributed by atoms with Gasteiger partial charge in [0, 0.05) is 31.8 Å². The average Bonchev–Trinajstić information content (AvgIpc) is 3.23. The molecule has 2 unspecified atom stereocenters. The quantitative estimate of drug-likeness (QED) is 0.904. The van der Waals surface area contributed by atoms with Crippen molar-refractivity contribution in [2.45, 2.75) is 38.7 Å². The largest absolute Gasteiger partial charge is 0.461 e. The number of hydrogen-bond acceptors (Lipinski definition) is 6. The lowest BCUT2D eigenvalue weighted by molar-refractivity contribution is -0.133. The lowest BCUT2D eigenvalue weighted by Crippen LogP contribution is -2.43. The molecule has 0 aliphatic carbocycles. The highest BCUT2D eigenvalue weighted by Gasteiger charge is 2.26. The van der Waals surface area contributed by atoms with Gasteiger partial charge in [-0.25, -0.2) is 0 Å². The number of nitrogens with zero attached hydrogens (tertiary/aromatic N) is 3. The highest BCUT2D eigenvalue weighted by atomic mass is 16.5. The summed E-state index contributed by atoms with van der Waals surface area (Å²) in [7, 11) is 0. The molecule has 0 bridgehead atoms. The number of piperidine rings is 1. The lowest BCUT2D eigenvalue weighted by atomic mass is 9.93. The van der Waals surface area contributed by atoms with Crippen LogP contribution in [0, 0.1) is 5.92 Å². The Balaban J connectivity index is 1.53. The van der Waals surface area contributed by atoms with Crippen molar-refractivity contribution in [3.05, 3.63) is 24.3 Å². The van der Waals surface area contributed by atoms with E-state index in [1.54, 1.807) is 25.3 Å². The Morgan fingerprint density at radius 3 is 3.17 bits per heavy atom. The number of rotatable bonds is 5. The second kappa shape index (κ2) is 6.95. The number of furan rings is 1. The molecule has 0 radical (unpaired) electrons. The molecule has 0 spiro atoms. The molecule has 1 saturated heterocycles. The molecule has 0 aromatic carbocycles. The van der Waals surface area contributed by atoms with E-state index in [1.807, 2.05) is 4.90 Å². The van der Waals surface area contributed by atoms with Gasteiger partial charge in [0.05, 0.1) is 12.4 Å². The van der Waals surface area contributed by atoms with Gasteiger partial charge in [-0.1, -0.05) is 5.16 Å². The van der Waals surface area contributed by atoms with Crippen LogP contribution in [0.3, 0.4) is 0 Å². The van der Waals surface area contributed by atoms with Gasteiger partial charge >= 0.3 is 0 Å². The second-order valence-corrected chi connectivity index (χ2v) is 5.97. The Bertz CT molecular complexity index is 636. The van der Waals surface area contributed by atoms with Crippen LogP contribution >= 0.6 is 0 Å². The third-order valence-electron chi connectivity index (χ3n) is 4.26. The van der Waals surface area contributed by atoms with Crippen molar-refractivity contribution in [1.82, 2.24) is 15.0 Å². The van der Waals surface area contributed by atoms with Gasteiger partial charge in [0.15, 0.2) is 5.76 Å². The highest BCUT2D eigenvalue weighted by Crippen LogP contribution is 2.21. The van der Waals surface area contributed by atoms with Crippen molar-refractivity contribution in [3.8, 4) is 11.6 Å². The van der Waals surface area contributed by atoms with Gasteiger partial charge in [-0.2, -0.15) is 4.98 Å². The third kappa shape index (κ3) is 3.79. The molecule has 0 saturated carbocycles. The summed E-state index contributed by atoms with van der Waals surface area (Å²) in [5, 5.41) is 13.5. The van der Waals surface area contributed by atoms with E-state index in [0.717, 1.165) is 19.4 Å². The summed E-state index contributed by atoms with van der Waals surface area (Å²) in [6.07, 6.45) is 3.80. The summed E-state index contributed by atoms with van der Waals surface area (Å²) < 4.78 is 10.4. The standard InChI is InChI=1S/C16H21N3O4/c1-11(20)12-4-2-8-19(10-12)15(21)7-6-14-17-16(18-23-14)13-5-3-9-22-13/h3,5,9,11-12,20H,2,4,6-8,10H2,1H3. The minimum Gasteiger partial charge on any atom is -0.461 e. The van der Waals surface area contributed by atoms with E-state index in [0.29, 0.717) is 36.9 Å². The molecule has 1 N–H and O–H groups in total. The molecule has 3 rings (SSSR count). The minimum absolute atomic E-state index is 0.0631. The van der Waals surface area contributed by atoms with Gasteiger partial charge in [0.1, 0.15) is 0 Å². The summed E-state index contributed by atoms with van der Waals surface area (Å²) in [6, 6.07) is 3.51. The fourth-order valence-corrected chi connectivity index (χ4v) is 2.86. The first-order valence-corrected chi connectivity index (χ1v) is 7.96. The molecule has 2 aromatic heterocycles. The van der Waals surface area contributed by atoms with E-state index in [-0.39, 0.29) is 17.9 Å². The smallest absolute Gasteiger partial charge is 0.238 e. The molecule has 1 aliphatic heterocycles. The van der Waals surface area contributed by atoms with E-state index >= 15 is 0 Å². The Hall–Kier alpha value is -2.15. The first-order chi connectivity index (χ1) is 11.1. The van der Waals surface area contributed by atoms with Crippen molar-refractivity contribution in [3.63, 3.8) is 0 Å². The normalized spacial score (nSPS) is 19.7. The van der Waals surface area contributed by atoms with Crippen molar-refractivity contribution in [2.75, 3.05) is 13.1 Å². The van der Waals surface area contributed by atoms with Gasteiger partial charge in [-0.05, 0) is 31.9 Å². The van der Waals surface area contributed by atoms with E-state index in [2.05, 4.69) is 10.1 Å². The van der Waals surface area contributed by atoms with E-state index in [4.69, 9.17) is 8.94 Å². The molecular weight excluding hydrogens is 298 g/mol. The van der Waals surface area contributed by atoms with Crippen LogP contribution in [0.2, 0.25) is 0 Å². The van der Waals surface area contributed by atoms with Gasteiger partial charge < -0.3 is 18.9 Å². The topological polar surface area (TPSA) is 92.6 Å². The predicted molar refractivity (Wildman–Crippen MR) is 81.3 cm³/mol. The maximum atomic E-state index is 12.3. The van der Waals surface area contributed by atoms with Crippen LogP contribution in [0.4, 0.5) is 0 Å². The molecule has 1 aliphatic rings. The molecule has 1 fully saturated rings. The molecule has 7 heteroatoms. The number of aliphatic hydroxyl groups is 1. The Labute approximate surface area is 134 Å². The fraction of sp³-hybridized carbons (Fsp3) is 0.562. The minimum atomic E-state index is -0.377. The number of aryl methyl sites for hydroxylation is 1. The lowest BCUT2D eigenvalue weighted by Gasteiger charge is -2.34. The van der Waals surface area contributed by atoms with E-state index in [1.165, 1.54) is 0 Å². The SMILES string of the molecule is CC(O)C1CCCN(C(=O)CCc2nc(-c3ccco3)no2)C1. The zero-order valence-electron chi connectivity index (χ0n) is 13.1. The number of hydrogen-bond donors (Lipinski definition) is 1. The molecule has 3 heterocycles. The highest BCUT2D eigenvalue weighted by molar-refractivity contribution is 5.76. The van der Waals surface area contributed by atoms with Crippen LogP contribution in [0.1, 0.15) is 32.1 Å². The first kappa shape index (κ1) is 15.7. The van der Waals surface area contributed by atoms with Crippen molar-refractivity contribution in [1.29, 1.82) is 0 Å². The number of carbonyl (C=O) groups is 1. The summed E-state index contributed by atoms with van der Waals surface area (Å²) in [4.78, 5) is 18.4. The molecule has 23 heavy (non-hydrogen) atoms. The monoisotopic (exact) mass is 319 g/mol. The second-order valence-electron chi connectivity index (χ2n) is 5.97. The molecule has 2 atom stereocenters. The van der Waals surface area contributed by atoms with Crippen LogP contribution < -0.4 is 0 Å². The fourth-order valence-electron chi connectivity index (χ4n) is 2.86. The Kier molecular flexibility index (Phi) is 4.76. The molecule has 2 aromatic rings. The van der Waals surface area contributed by atoms with Crippen molar-refractivity contribution < 1.29 is 18.8 Å². The maximum Gasteiger partial charge on any atom is 0.238 e. The van der Waals surface area contributed by atoms with Gasteiger partial charge in [0.25, 0.3) is 0 Å². The van der Waals surface area contributed by atoms with Gasteiger partial charge in [-0.3, -0.25) is 4.79 Å². The van der Waals surface area contributed by atoms with Crippen molar-refractivity contribution in [2.24, 2.45) is 5.92 Å². The Morgan fingerprint density at radius 2 is 2.43 bits per heavy atom. The number of amides is 1. The summed E-state index contributed by atoms with van der Waals surface area (Å²) in [5.74, 6) is 1.59. The zero-order chi connectivity index (χ0) is 16.2. The zero-order valence-corrected chi connectivity index (χ0v) is 13.1. The number of aliphatic hydroxyl groups excluding tert-OH is 1. The number of likely N-dealkylation sites (tertiary alicyclic amines) is 1. The van der Waals surface area contributed by atoms with Crippen LogP contribution in [0.25, 0.3) is 11.6 Å².